The maximum atomic E-state index is 10.1. The Kier molecular flexibility index (Phi) is 6.16. The third-order valence-corrected chi connectivity index (χ3v) is 1.91. The zero-order valence-corrected chi connectivity index (χ0v) is 8.79. The minimum absolute atomic E-state index is 0.0474. The van der Waals surface area contributed by atoms with Crippen LogP contribution >= 0.6 is 0 Å². The van der Waals surface area contributed by atoms with Crippen LogP contribution in [-0.2, 0) is 4.79 Å². The molecule has 14 heavy (non-hydrogen) atoms. The van der Waals surface area contributed by atoms with Gasteiger partial charge < -0.3 is 15.5 Å². The van der Waals surface area contributed by atoms with Crippen LogP contribution in [0.5, 0.6) is 0 Å². The molecule has 0 aliphatic rings. The van der Waals surface area contributed by atoms with Crippen LogP contribution in [0.4, 0.5) is 0 Å². The average Bonchev–Trinajstić information content (AvgIpc) is 2.02. The number of aliphatic hydroxyl groups is 1. The lowest BCUT2D eigenvalue weighted by molar-refractivity contribution is -0.131. The fourth-order valence-corrected chi connectivity index (χ4v) is 1.04. The van der Waals surface area contributed by atoms with Gasteiger partial charge >= 0.3 is 5.97 Å². The Morgan fingerprint density at radius 1 is 1.50 bits per heavy atom. The molecule has 0 aromatic heterocycles. The molecule has 0 saturated heterocycles. The number of hydrogen-bond acceptors (Lipinski definition) is 3. The first-order chi connectivity index (χ1) is 6.48. The maximum Gasteiger partial charge on any atom is 0.328 e. The molecule has 0 amide bonds. The molecule has 82 valence electrons. The summed E-state index contributed by atoms with van der Waals surface area (Å²) in [6, 6.07) is 0. The van der Waals surface area contributed by atoms with Crippen molar-refractivity contribution in [3.8, 4) is 0 Å². The Morgan fingerprint density at radius 2 is 2.14 bits per heavy atom. The first-order valence-electron chi connectivity index (χ1n) is 4.69. The van der Waals surface area contributed by atoms with Gasteiger partial charge in [-0.15, -0.1) is 0 Å². The maximum absolute atomic E-state index is 10.1. The second-order valence-corrected chi connectivity index (χ2v) is 4.01. The molecule has 0 aromatic rings. The monoisotopic (exact) mass is 201 g/mol. The fraction of sp³-hybridized carbons (Fsp3) is 0.700. The summed E-state index contributed by atoms with van der Waals surface area (Å²) < 4.78 is 0. The molecule has 0 fully saturated rings. The average molecular weight is 201 g/mol. The predicted molar refractivity (Wildman–Crippen MR) is 55.1 cm³/mol. The number of aliphatic carboxylic acids is 1. The van der Waals surface area contributed by atoms with Crippen molar-refractivity contribution < 1.29 is 15.0 Å². The predicted octanol–water partition coefficient (Wildman–Crippen LogP) is 0.625. The molecule has 0 heterocycles. The van der Waals surface area contributed by atoms with Gasteiger partial charge in [-0.2, -0.15) is 0 Å². The lowest BCUT2D eigenvalue weighted by Crippen LogP contribution is -2.30. The topological polar surface area (TPSA) is 69.6 Å². The van der Waals surface area contributed by atoms with Crippen LogP contribution in [0.25, 0.3) is 0 Å². The third-order valence-electron chi connectivity index (χ3n) is 1.91. The van der Waals surface area contributed by atoms with Crippen LogP contribution in [0.3, 0.4) is 0 Å². The van der Waals surface area contributed by atoms with E-state index in [0.717, 1.165) is 19.0 Å². The molecular weight excluding hydrogens is 182 g/mol. The summed E-state index contributed by atoms with van der Waals surface area (Å²) in [5.41, 5.74) is 0.0474. The number of carboxylic acid groups (broad SMARTS) is 1. The number of aliphatic hydroxyl groups excluding tert-OH is 1. The van der Waals surface area contributed by atoms with Gasteiger partial charge in [-0.3, -0.25) is 0 Å². The molecule has 0 aliphatic carbocycles. The van der Waals surface area contributed by atoms with Gasteiger partial charge in [-0.05, 0) is 11.8 Å². The van der Waals surface area contributed by atoms with Crippen LogP contribution < -0.4 is 5.32 Å². The highest BCUT2D eigenvalue weighted by atomic mass is 16.4. The van der Waals surface area contributed by atoms with E-state index in [0.29, 0.717) is 6.54 Å². The standard InChI is InChI=1S/C10H19NO3/c1-10(2,5-7-12)8-11-6-3-4-9(13)14/h3-4,11-12H,5-8H2,1-2H3,(H,13,14)/b4-3+. The normalized spacial score (nSPS) is 12.2. The van der Waals surface area contributed by atoms with Crippen LogP contribution in [0, 0.1) is 5.41 Å². The lowest BCUT2D eigenvalue weighted by Gasteiger charge is -2.23. The van der Waals surface area contributed by atoms with E-state index in [4.69, 9.17) is 10.2 Å². The molecule has 0 atom stereocenters. The Morgan fingerprint density at radius 3 is 2.64 bits per heavy atom. The highest BCUT2D eigenvalue weighted by molar-refractivity contribution is 5.79. The zero-order valence-electron chi connectivity index (χ0n) is 8.79. The molecule has 0 bridgehead atoms. The fourth-order valence-electron chi connectivity index (χ4n) is 1.04. The van der Waals surface area contributed by atoms with Gasteiger partial charge in [0.1, 0.15) is 0 Å². The molecule has 0 unspecified atom stereocenters. The molecule has 0 rings (SSSR count). The Labute approximate surface area is 84.6 Å². The quantitative estimate of drug-likeness (QED) is 0.417. The van der Waals surface area contributed by atoms with E-state index in [1.165, 1.54) is 0 Å². The van der Waals surface area contributed by atoms with Crippen LogP contribution in [0.2, 0.25) is 0 Å². The molecular formula is C10H19NO3. The van der Waals surface area contributed by atoms with E-state index in [2.05, 4.69) is 19.2 Å². The number of hydrogen-bond donors (Lipinski definition) is 3. The first kappa shape index (κ1) is 13.1. The van der Waals surface area contributed by atoms with E-state index in [-0.39, 0.29) is 12.0 Å². The highest BCUT2D eigenvalue weighted by Crippen LogP contribution is 2.17. The molecule has 0 aliphatic heterocycles. The van der Waals surface area contributed by atoms with Gasteiger partial charge in [0.2, 0.25) is 0 Å². The second kappa shape index (κ2) is 6.56. The summed E-state index contributed by atoms with van der Waals surface area (Å²) in [5, 5.41) is 20.2. The summed E-state index contributed by atoms with van der Waals surface area (Å²) in [7, 11) is 0. The van der Waals surface area contributed by atoms with E-state index in [9.17, 15) is 4.79 Å². The van der Waals surface area contributed by atoms with E-state index < -0.39 is 5.97 Å². The van der Waals surface area contributed by atoms with Crippen molar-refractivity contribution >= 4 is 5.97 Å². The Hall–Kier alpha value is -0.870. The molecule has 0 radical (unpaired) electrons. The van der Waals surface area contributed by atoms with Crippen molar-refractivity contribution in [3.63, 3.8) is 0 Å². The summed E-state index contributed by atoms with van der Waals surface area (Å²) in [6.45, 7) is 5.59. The van der Waals surface area contributed by atoms with Crippen LogP contribution in [0.1, 0.15) is 20.3 Å². The third kappa shape index (κ3) is 7.76. The number of carbonyl (C=O) groups is 1. The van der Waals surface area contributed by atoms with Crippen molar-refractivity contribution in [2.75, 3.05) is 19.7 Å². The van der Waals surface area contributed by atoms with Crippen molar-refractivity contribution in [1.29, 1.82) is 0 Å². The number of rotatable bonds is 7. The minimum Gasteiger partial charge on any atom is -0.478 e. The first-order valence-corrected chi connectivity index (χ1v) is 4.69. The molecule has 0 saturated carbocycles. The smallest absolute Gasteiger partial charge is 0.328 e. The zero-order chi connectivity index (χ0) is 11.0. The molecule has 0 aromatic carbocycles. The second-order valence-electron chi connectivity index (χ2n) is 4.01. The largest absolute Gasteiger partial charge is 0.478 e. The number of carboxylic acids is 1. The van der Waals surface area contributed by atoms with Gasteiger partial charge in [0.25, 0.3) is 0 Å². The van der Waals surface area contributed by atoms with Gasteiger partial charge in [0, 0.05) is 25.8 Å². The highest BCUT2D eigenvalue weighted by Gasteiger charge is 2.15. The minimum atomic E-state index is -0.929. The summed E-state index contributed by atoms with van der Waals surface area (Å²) in [4.78, 5) is 10.1. The lowest BCUT2D eigenvalue weighted by atomic mass is 9.90. The molecule has 3 N–H and O–H groups in total. The van der Waals surface area contributed by atoms with Crippen molar-refractivity contribution in [1.82, 2.24) is 5.32 Å². The van der Waals surface area contributed by atoms with Crippen molar-refractivity contribution in [2.45, 2.75) is 20.3 Å². The van der Waals surface area contributed by atoms with Gasteiger partial charge in [0.05, 0.1) is 0 Å². The Balaban J connectivity index is 3.58. The molecule has 0 spiro atoms. The Bertz CT molecular complexity index is 200. The summed E-state index contributed by atoms with van der Waals surface area (Å²) in [5.74, 6) is -0.929. The SMILES string of the molecule is CC(C)(CCO)CNC/C=C/C(=O)O. The van der Waals surface area contributed by atoms with E-state index >= 15 is 0 Å². The van der Waals surface area contributed by atoms with E-state index in [1.54, 1.807) is 6.08 Å². The van der Waals surface area contributed by atoms with Crippen LogP contribution in [-0.4, -0.2) is 35.9 Å². The van der Waals surface area contributed by atoms with E-state index in [1.807, 2.05) is 0 Å². The van der Waals surface area contributed by atoms with Crippen molar-refractivity contribution in [3.05, 3.63) is 12.2 Å². The van der Waals surface area contributed by atoms with Gasteiger partial charge in [-0.1, -0.05) is 19.9 Å². The van der Waals surface area contributed by atoms with Gasteiger partial charge in [-0.25, -0.2) is 4.79 Å². The van der Waals surface area contributed by atoms with Gasteiger partial charge in [0.15, 0.2) is 0 Å². The van der Waals surface area contributed by atoms with Crippen molar-refractivity contribution in [2.24, 2.45) is 5.41 Å². The molecule has 4 heteroatoms. The molecule has 4 nitrogen and oxygen atoms in total. The summed E-state index contributed by atoms with van der Waals surface area (Å²) in [6.07, 6.45) is 3.42. The summed E-state index contributed by atoms with van der Waals surface area (Å²) >= 11 is 0. The van der Waals surface area contributed by atoms with Crippen LogP contribution in [0.15, 0.2) is 12.2 Å². The number of nitrogens with one attached hydrogen (secondary N) is 1.